The number of rotatable bonds is 4. The number of thiocarbonyl (C=S) groups is 1. The lowest BCUT2D eigenvalue weighted by atomic mass is 10.2. The second-order valence-electron chi connectivity index (χ2n) is 3.32. The zero-order valence-corrected chi connectivity index (χ0v) is 11.1. The average Bonchev–Trinajstić information content (AvgIpc) is 2.24. The minimum atomic E-state index is 0.124. The molecule has 0 radical (unpaired) electrons. The highest BCUT2D eigenvalue weighted by molar-refractivity contribution is 8.13. The Kier molecular flexibility index (Phi) is 5.72. The van der Waals surface area contributed by atoms with E-state index in [0.717, 1.165) is 11.3 Å². The van der Waals surface area contributed by atoms with Crippen LogP contribution in [0.25, 0.3) is 6.08 Å². The van der Waals surface area contributed by atoms with E-state index in [1.54, 1.807) is 6.92 Å². The van der Waals surface area contributed by atoms with Gasteiger partial charge in [-0.05, 0) is 29.9 Å². The van der Waals surface area contributed by atoms with Gasteiger partial charge in [0.1, 0.15) is 0 Å². The predicted octanol–water partition coefficient (Wildman–Crippen LogP) is 2.63. The summed E-state index contributed by atoms with van der Waals surface area (Å²) < 4.78 is 0. The first-order chi connectivity index (χ1) is 8.08. The van der Waals surface area contributed by atoms with E-state index in [1.165, 1.54) is 11.8 Å². The first-order valence-corrected chi connectivity index (χ1v) is 6.44. The van der Waals surface area contributed by atoms with Crippen molar-refractivity contribution in [3.05, 3.63) is 35.9 Å². The molecule has 0 aromatic heterocycles. The molecule has 1 aromatic carbocycles. The van der Waals surface area contributed by atoms with Gasteiger partial charge in [0.25, 0.3) is 0 Å². The molecule has 3 N–H and O–H groups in total. The van der Waals surface area contributed by atoms with Gasteiger partial charge in [-0.3, -0.25) is 4.79 Å². The summed E-state index contributed by atoms with van der Waals surface area (Å²) in [6, 6.07) is 7.72. The summed E-state index contributed by atoms with van der Waals surface area (Å²) in [6.45, 7) is 1.56. The lowest BCUT2D eigenvalue weighted by Crippen LogP contribution is -2.18. The zero-order chi connectivity index (χ0) is 12.7. The van der Waals surface area contributed by atoms with Gasteiger partial charge in [-0.25, -0.2) is 0 Å². The smallest absolute Gasteiger partial charge is 0.186 e. The summed E-state index contributed by atoms with van der Waals surface area (Å²) >= 11 is 6.05. The quantitative estimate of drug-likeness (QED) is 0.821. The molecule has 0 saturated heterocycles. The Hall–Kier alpha value is -1.33. The molecule has 1 rings (SSSR count). The molecule has 0 aliphatic rings. The van der Waals surface area contributed by atoms with Gasteiger partial charge in [-0.2, -0.15) is 0 Å². The van der Waals surface area contributed by atoms with Gasteiger partial charge in [-0.1, -0.05) is 36.0 Å². The highest BCUT2D eigenvalue weighted by atomic mass is 32.2. The van der Waals surface area contributed by atoms with Gasteiger partial charge >= 0.3 is 0 Å². The standard InChI is InChI=1S/C12H14N2OS2/c1-9(15)17-7-3-5-10-4-2-6-11(8-10)14-12(13)16/h2-6,8H,7H2,1H3,(H3,13,14,16). The molecule has 0 amide bonds. The number of nitrogens with one attached hydrogen (secondary N) is 1. The van der Waals surface area contributed by atoms with E-state index in [9.17, 15) is 4.79 Å². The van der Waals surface area contributed by atoms with Crippen molar-refractivity contribution in [1.29, 1.82) is 0 Å². The Morgan fingerprint density at radius 2 is 2.35 bits per heavy atom. The predicted molar refractivity (Wildman–Crippen MR) is 79.0 cm³/mol. The van der Waals surface area contributed by atoms with Crippen LogP contribution in [0.3, 0.4) is 0 Å². The van der Waals surface area contributed by atoms with Crippen LogP contribution in [-0.4, -0.2) is 16.0 Å². The average molecular weight is 266 g/mol. The van der Waals surface area contributed by atoms with Crippen molar-refractivity contribution >= 4 is 46.0 Å². The van der Waals surface area contributed by atoms with E-state index in [1.807, 2.05) is 36.4 Å². The normalized spacial score (nSPS) is 10.4. The second kappa shape index (κ2) is 7.09. The number of hydrogen-bond acceptors (Lipinski definition) is 3. The van der Waals surface area contributed by atoms with Crippen LogP contribution in [0.1, 0.15) is 12.5 Å². The fraction of sp³-hybridized carbons (Fsp3) is 0.167. The molecular weight excluding hydrogens is 252 g/mol. The number of hydrogen-bond donors (Lipinski definition) is 2. The molecule has 3 nitrogen and oxygen atoms in total. The molecule has 5 heteroatoms. The fourth-order valence-electron chi connectivity index (χ4n) is 1.21. The SMILES string of the molecule is CC(=O)SCC=Cc1cccc(NC(N)=S)c1. The minimum Gasteiger partial charge on any atom is -0.376 e. The van der Waals surface area contributed by atoms with Crippen LogP contribution >= 0.6 is 24.0 Å². The monoisotopic (exact) mass is 266 g/mol. The largest absolute Gasteiger partial charge is 0.376 e. The van der Waals surface area contributed by atoms with Crippen LogP contribution in [-0.2, 0) is 4.79 Å². The zero-order valence-electron chi connectivity index (χ0n) is 9.47. The molecule has 0 fully saturated rings. The van der Waals surface area contributed by atoms with Crippen LogP contribution in [0.15, 0.2) is 30.3 Å². The summed E-state index contributed by atoms with van der Waals surface area (Å²) in [4.78, 5) is 10.7. The van der Waals surface area contributed by atoms with Crippen molar-refractivity contribution in [3.8, 4) is 0 Å². The number of thioether (sulfide) groups is 1. The van der Waals surface area contributed by atoms with Gasteiger partial charge in [0.2, 0.25) is 0 Å². The van der Waals surface area contributed by atoms with Crippen molar-refractivity contribution in [1.82, 2.24) is 0 Å². The third-order valence-corrected chi connectivity index (χ3v) is 2.71. The maximum Gasteiger partial charge on any atom is 0.186 e. The third kappa shape index (κ3) is 6.09. The Morgan fingerprint density at radius 1 is 1.59 bits per heavy atom. The van der Waals surface area contributed by atoms with E-state index in [-0.39, 0.29) is 10.2 Å². The van der Waals surface area contributed by atoms with Crippen molar-refractivity contribution < 1.29 is 4.79 Å². The Bertz CT molecular complexity index is 444. The van der Waals surface area contributed by atoms with Gasteiger partial charge < -0.3 is 11.1 Å². The van der Waals surface area contributed by atoms with Crippen LogP contribution in [0, 0.1) is 0 Å². The molecule has 0 bridgehead atoms. The molecule has 0 unspecified atom stereocenters. The second-order valence-corrected chi connectivity index (χ2v) is 4.96. The molecular formula is C12H14N2OS2. The highest BCUT2D eigenvalue weighted by Gasteiger charge is 1.94. The molecule has 0 atom stereocenters. The summed E-state index contributed by atoms with van der Waals surface area (Å²) in [6.07, 6.45) is 3.91. The van der Waals surface area contributed by atoms with Crippen molar-refractivity contribution in [2.45, 2.75) is 6.92 Å². The molecule has 0 spiro atoms. The lowest BCUT2D eigenvalue weighted by molar-refractivity contribution is -0.109. The first kappa shape index (κ1) is 13.7. The molecule has 1 aromatic rings. The number of nitrogens with two attached hydrogens (primary N) is 1. The van der Waals surface area contributed by atoms with E-state index < -0.39 is 0 Å². The number of benzene rings is 1. The number of carbonyl (C=O) groups excluding carboxylic acids is 1. The minimum absolute atomic E-state index is 0.124. The molecule has 0 saturated carbocycles. The van der Waals surface area contributed by atoms with E-state index >= 15 is 0 Å². The van der Waals surface area contributed by atoms with Crippen molar-refractivity contribution in [3.63, 3.8) is 0 Å². The van der Waals surface area contributed by atoms with E-state index in [0.29, 0.717) is 5.75 Å². The highest BCUT2D eigenvalue weighted by Crippen LogP contribution is 2.12. The van der Waals surface area contributed by atoms with Gasteiger partial charge in [0, 0.05) is 18.4 Å². The fourth-order valence-corrected chi connectivity index (χ4v) is 1.76. The molecule has 90 valence electrons. The van der Waals surface area contributed by atoms with Gasteiger partial charge in [0.05, 0.1) is 0 Å². The van der Waals surface area contributed by atoms with Crippen LogP contribution in [0.5, 0.6) is 0 Å². The Labute approximate surface area is 110 Å². The van der Waals surface area contributed by atoms with Gasteiger partial charge in [-0.15, -0.1) is 0 Å². The number of anilines is 1. The molecule has 0 heterocycles. The van der Waals surface area contributed by atoms with E-state index in [2.05, 4.69) is 5.32 Å². The van der Waals surface area contributed by atoms with Gasteiger partial charge in [0.15, 0.2) is 10.2 Å². The maximum atomic E-state index is 10.7. The third-order valence-electron chi connectivity index (χ3n) is 1.85. The number of carbonyl (C=O) groups is 1. The topological polar surface area (TPSA) is 55.1 Å². The van der Waals surface area contributed by atoms with Crippen LogP contribution in [0.2, 0.25) is 0 Å². The van der Waals surface area contributed by atoms with Crippen LogP contribution < -0.4 is 11.1 Å². The summed E-state index contributed by atoms with van der Waals surface area (Å²) in [5.41, 5.74) is 7.29. The Balaban J connectivity index is 2.59. The van der Waals surface area contributed by atoms with Crippen molar-refractivity contribution in [2.24, 2.45) is 5.73 Å². The first-order valence-electron chi connectivity index (χ1n) is 5.04. The van der Waals surface area contributed by atoms with E-state index in [4.69, 9.17) is 18.0 Å². The lowest BCUT2D eigenvalue weighted by Gasteiger charge is -2.03. The summed E-state index contributed by atoms with van der Waals surface area (Å²) in [5.74, 6) is 0.683. The molecule has 17 heavy (non-hydrogen) atoms. The summed E-state index contributed by atoms with van der Waals surface area (Å²) in [5, 5.41) is 3.24. The maximum absolute atomic E-state index is 10.7. The Morgan fingerprint density at radius 3 is 3.00 bits per heavy atom. The summed E-state index contributed by atoms with van der Waals surface area (Å²) in [7, 11) is 0. The van der Waals surface area contributed by atoms with Crippen LogP contribution in [0.4, 0.5) is 5.69 Å². The molecule has 0 aliphatic heterocycles. The molecule has 0 aliphatic carbocycles. The van der Waals surface area contributed by atoms with Crippen molar-refractivity contribution in [2.75, 3.05) is 11.1 Å².